The zero-order valence-corrected chi connectivity index (χ0v) is 11.4. The predicted molar refractivity (Wildman–Crippen MR) is 72.9 cm³/mol. The highest BCUT2D eigenvalue weighted by molar-refractivity contribution is 7.99. The van der Waals surface area contributed by atoms with Crippen molar-refractivity contribution in [2.45, 2.75) is 12.1 Å². The van der Waals surface area contributed by atoms with Crippen LogP contribution >= 0.6 is 11.8 Å². The van der Waals surface area contributed by atoms with E-state index in [9.17, 15) is 14.0 Å². The molecule has 1 aromatic carbocycles. The van der Waals surface area contributed by atoms with Crippen LogP contribution < -0.4 is 5.56 Å². The van der Waals surface area contributed by atoms with E-state index in [4.69, 9.17) is 5.11 Å². The van der Waals surface area contributed by atoms with Gasteiger partial charge >= 0.3 is 5.97 Å². The fraction of sp³-hybridized carbons (Fsp3) is 0.154. The predicted octanol–water partition coefficient (Wildman–Crippen LogP) is 1.86. The van der Waals surface area contributed by atoms with Gasteiger partial charge in [-0.25, -0.2) is 4.39 Å². The number of benzene rings is 1. The Labute approximate surface area is 118 Å². The van der Waals surface area contributed by atoms with Gasteiger partial charge in [-0.1, -0.05) is 17.8 Å². The molecule has 0 saturated carbocycles. The number of hydrogen-bond donors (Lipinski definition) is 1. The van der Waals surface area contributed by atoms with E-state index < -0.39 is 17.3 Å². The van der Waals surface area contributed by atoms with E-state index in [1.54, 1.807) is 13.0 Å². The van der Waals surface area contributed by atoms with E-state index in [0.29, 0.717) is 5.69 Å². The molecule has 0 atom stereocenters. The van der Waals surface area contributed by atoms with E-state index >= 15 is 0 Å². The van der Waals surface area contributed by atoms with Crippen LogP contribution in [0.15, 0.2) is 40.4 Å². The summed E-state index contributed by atoms with van der Waals surface area (Å²) in [6.07, 6.45) is 1.46. The quantitative estimate of drug-likeness (QED) is 0.688. The molecule has 5 nitrogen and oxygen atoms in total. The van der Waals surface area contributed by atoms with Crippen LogP contribution in [0.4, 0.5) is 4.39 Å². The van der Waals surface area contributed by atoms with Crippen LogP contribution in [0.25, 0.3) is 5.69 Å². The van der Waals surface area contributed by atoms with Crippen LogP contribution in [0, 0.1) is 12.7 Å². The van der Waals surface area contributed by atoms with Crippen LogP contribution in [0.1, 0.15) is 5.56 Å². The molecule has 104 valence electrons. The Morgan fingerprint density at radius 3 is 2.90 bits per heavy atom. The molecule has 0 aliphatic rings. The van der Waals surface area contributed by atoms with E-state index in [1.165, 1.54) is 29.0 Å². The molecule has 0 unspecified atom stereocenters. The first-order valence-corrected chi connectivity index (χ1v) is 6.67. The minimum Gasteiger partial charge on any atom is -0.481 e. The molecule has 2 rings (SSSR count). The molecular formula is C13H11FN2O3S. The lowest BCUT2D eigenvalue weighted by Crippen LogP contribution is -2.14. The van der Waals surface area contributed by atoms with Gasteiger partial charge in [0.2, 0.25) is 0 Å². The molecule has 0 aliphatic carbocycles. The molecule has 0 radical (unpaired) electrons. The van der Waals surface area contributed by atoms with Crippen LogP contribution in [0.2, 0.25) is 0 Å². The Hall–Kier alpha value is -2.15. The average Bonchev–Trinajstić information content (AvgIpc) is 2.39. The number of rotatable bonds is 4. The number of thioether (sulfide) groups is 1. The highest BCUT2D eigenvalue weighted by atomic mass is 32.2. The van der Waals surface area contributed by atoms with E-state index in [1.807, 2.05) is 0 Å². The molecule has 1 N–H and O–H groups in total. The fourth-order valence-corrected chi connectivity index (χ4v) is 2.35. The van der Waals surface area contributed by atoms with Crippen LogP contribution in [0.5, 0.6) is 0 Å². The number of hydrogen-bond acceptors (Lipinski definition) is 4. The number of aromatic nitrogens is 2. The average molecular weight is 294 g/mol. The van der Waals surface area contributed by atoms with Gasteiger partial charge in [-0.3, -0.25) is 14.2 Å². The molecule has 0 saturated heterocycles. The summed E-state index contributed by atoms with van der Waals surface area (Å²) in [5, 5.41) is 8.92. The second-order valence-corrected chi connectivity index (χ2v) is 4.97. The lowest BCUT2D eigenvalue weighted by molar-refractivity contribution is -0.133. The first kappa shape index (κ1) is 14.3. The third-order valence-corrected chi connectivity index (χ3v) is 3.47. The van der Waals surface area contributed by atoms with Crippen molar-refractivity contribution in [1.29, 1.82) is 0 Å². The zero-order chi connectivity index (χ0) is 14.7. The topological polar surface area (TPSA) is 72.2 Å². The number of nitrogens with zero attached hydrogens (tertiary/aromatic N) is 2. The zero-order valence-electron chi connectivity index (χ0n) is 10.5. The summed E-state index contributed by atoms with van der Waals surface area (Å²) in [6.45, 7) is 1.79. The number of carboxylic acids is 1. The van der Waals surface area contributed by atoms with E-state index in [2.05, 4.69) is 4.98 Å². The summed E-state index contributed by atoms with van der Waals surface area (Å²) < 4.78 is 14.9. The lowest BCUT2D eigenvalue weighted by Gasteiger charge is -2.13. The van der Waals surface area contributed by atoms with Crippen molar-refractivity contribution in [3.63, 3.8) is 0 Å². The Morgan fingerprint density at radius 2 is 2.20 bits per heavy atom. The van der Waals surface area contributed by atoms with Gasteiger partial charge in [-0.15, -0.1) is 0 Å². The Bertz CT molecular complexity index is 715. The Morgan fingerprint density at radius 1 is 1.45 bits per heavy atom. The summed E-state index contributed by atoms with van der Waals surface area (Å²) in [5.41, 5.74) is 0.836. The summed E-state index contributed by atoms with van der Waals surface area (Å²) in [6, 6.07) is 5.49. The van der Waals surface area contributed by atoms with Crippen LogP contribution in [0.3, 0.4) is 0 Å². The molecule has 0 fully saturated rings. The van der Waals surface area contributed by atoms with Crippen molar-refractivity contribution in [2.75, 3.05) is 5.75 Å². The third kappa shape index (κ3) is 3.24. The van der Waals surface area contributed by atoms with Gasteiger partial charge in [0.1, 0.15) is 5.82 Å². The van der Waals surface area contributed by atoms with Crippen molar-refractivity contribution < 1.29 is 14.3 Å². The number of aliphatic carboxylic acids is 1. The monoisotopic (exact) mass is 294 g/mol. The van der Waals surface area contributed by atoms with Gasteiger partial charge in [-0.05, 0) is 24.6 Å². The first-order valence-electron chi connectivity index (χ1n) is 5.68. The highest BCUT2D eigenvalue weighted by Crippen LogP contribution is 2.21. The summed E-state index contributed by atoms with van der Waals surface area (Å²) >= 11 is 0.909. The molecule has 20 heavy (non-hydrogen) atoms. The molecule has 0 amide bonds. The Kier molecular flexibility index (Phi) is 4.19. The van der Waals surface area contributed by atoms with Crippen LogP contribution in [-0.2, 0) is 4.79 Å². The largest absolute Gasteiger partial charge is 0.481 e. The molecule has 1 aromatic heterocycles. The first-order chi connectivity index (χ1) is 9.47. The van der Waals surface area contributed by atoms with Crippen molar-refractivity contribution in [3.8, 4) is 5.69 Å². The molecular weight excluding hydrogens is 283 g/mol. The van der Waals surface area contributed by atoms with Crippen molar-refractivity contribution in [1.82, 2.24) is 9.55 Å². The van der Waals surface area contributed by atoms with Gasteiger partial charge in [-0.2, -0.15) is 4.98 Å². The van der Waals surface area contributed by atoms with Gasteiger partial charge in [0.15, 0.2) is 5.16 Å². The standard InChI is InChI=1S/C13H11FN2O3S/c1-8-2-3-9(14)6-10(8)16-5-4-11(17)15-13(16)20-7-12(18)19/h2-6H,7H2,1H3,(H,18,19). The molecule has 0 aliphatic heterocycles. The SMILES string of the molecule is Cc1ccc(F)cc1-n1ccc(=O)nc1SCC(=O)O. The van der Waals surface area contributed by atoms with Gasteiger partial charge in [0, 0.05) is 12.3 Å². The summed E-state index contributed by atoms with van der Waals surface area (Å²) in [7, 11) is 0. The maximum absolute atomic E-state index is 13.4. The molecule has 2 aromatic rings. The number of aryl methyl sites for hydroxylation is 1. The van der Waals surface area contributed by atoms with Crippen molar-refractivity contribution in [3.05, 3.63) is 52.2 Å². The van der Waals surface area contributed by atoms with Crippen molar-refractivity contribution in [2.24, 2.45) is 0 Å². The number of carbonyl (C=O) groups is 1. The van der Waals surface area contributed by atoms with Crippen molar-refractivity contribution >= 4 is 17.7 Å². The van der Waals surface area contributed by atoms with E-state index in [-0.39, 0.29) is 10.9 Å². The second-order valence-electron chi connectivity index (χ2n) is 4.03. The normalized spacial score (nSPS) is 10.5. The maximum Gasteiger partial charge on any atom is 0.313 e. The number of carboxylic acid groups (broad SMARTS) is 1. The van der Waals surface area contributed by atoms with Gasteiger partial charge < -0.3 is 5.11 Å². The van der Waals surface area contributed by atoms with E-state index in [0.717, 1.165) is 17.3 Å². The Balaban J connectivity index is 2.52. The van der Waals surface area contributed by atoms with Gasteiger partial charge in [0.05, 0.1) is 11.4 Å². The third-order valence-electron chi connectivity index (χ3n) is 2.53. The smallest absolute Gasteiger partial charge is 0.313 e. The fourth-order valence-electron chi connectivity index (χ4n) is 1.64. The minimum atomic E-state index is -1.02. The van der Waals surface area contributed by atoms with Crippen LogP contribution in [-0.4, -0.2) is 26.4 Å². The lowest BCUT2D eigenvalue weighted by atomic mass is 10.2. The molecule has 7 heteroatoms. The number of halogens is 1. The summed E-state index contributed by atoms with van der Waals surface area (Å²) in [4.78, 5) is 25.7. The molecule has 0 bridgehead atoms. The molecule has 1 heterocycles. The molecule has 0 spiro atoms. The second kappa shape index (κ2) is 5.87. The van der Waals surface area contributed by atoms with Gasteiger partial charge in [0.25, 0.3) is 5.56 Å². The maximum atomic E-state index is 13.4. The highest BCUT2D eigenvalue weighted by Gasteiger charge is 2.10. The minimum absolute atomic E-state index is 0.216. The summed E-state index contributed by atoms with van der Waals surface area (Å²) in [5.74, 6) is -1.67.